The largest absolute Gasteiger partial charge is 0.497 e. The normalized spacial score (nSPS) is 11.0. The van der Waals surface area contributed by atoms with Crippen LogP contribution in [0.1, 0.15) is 15.9 Å². The Morgan fingerprint density at radius 2 is 1.72 bits per heavy atom. The minimum absolute atomic E-state index is 0.0409. The molecule has 0 saturated heterocycles. The standard InChI is InChI=1S/C27H26N5O4/c1-29(2)23-10-4-20(5-11-23)18-28-31-17-16-30(27(31)22-8-14-25(36-3)15-9-22)19-26(33)21-6-12-24(13-7-21)32(34)35/h4-18H,19H2,1-3H3/q+1/b28-18-. The Hall–Kier alpha value is -4.79. The maximum absolute atomic E-state index is 13.0. The molecule has 0 spiro atoms. The van der Waals surface area contributed by atoms with E-state index in [0.29, 0.717) is 11.4 Å². The van der Waals surface area contributed by atoms with E-state index in [-0.39, 0.29) is 18.0 Å². The van der Waals surface area contributed by atoms with Crippen molar-refractivity contribution in [2.75, 3.05) is 26.1 Å². The molecule has 0 aliphatic carbocycles. The zero-order valence-corrected chi connectivity index (χ0v) is 20.2. The Bertz CT molecular complexity index is 1390. The first-order chi connectivity index (χ1) is 17.4. The molecule has 0 saturated carbocycles. The number of ether oxygens (including phenoxy) is 1. The summed E-state index contributed by atoms with van der Waals surface area (Å²) in [5, 5.41) is 15.6. The van der Waals surface area contributed by atoms with Crippen molar-refractivity contribution in [1.82, 2.24) is 4.68 Å². The molecular formula is C27H26N5O4+. The molecule has 0 aliphatic rings. The van der Waals surface area contributed by atoms with Gasteiger partial charge in [0.15, 0.2) is 12.7 Å². The summed E-state index contributed by atoms with van der Waals surface area (Å²) in [4.78, 5) is 25.5. The second-order valence-electron chi connectivity index (χ2n) is 8.28. The second kappa shape index (κ2) is 10.6. The monoisotopic (exact) mass is 484 g/mol. The number of ketones is 1. The van der Waals surface area contributed by atoms with E-state index in [4.69, 9.17) is 4.74 Å². The third kappa shape index (κ3) is 5.47. The molecule has 1 heterocycles. The number of anilines is 1. The molecule has 182 valence electrons. The predicted molar refractivity (Wildman–Crippen MR) is 138 cm³/mol. The minimum Gasteiger partial charge on any atom is -0.497 e. The zero-order chi connectivity index (χ0) is 25.7. The molecule has 4 aromatic rings. The maximum atomic E-state index is 13.0. The number of benzene rings is 3. The van der Waals surface area contributed by atoms with Crippen LogP contribution in [0, 0.1) is 10.1 Å². The fraction of sp³-hybridized carbons (Fsp3) is 0.148. The lowest BCUT2D eigenvalue weighted by Crippen LogP contribution is -2.38. The molecule has 0 fully saturated rings. The van der Waals surface area contributed by atoms with E-state index in [9.17, 15) is 14.9 Å². The van der Waals surface area contributed by atoms with Crippen molar-refractivity contribution >= 4 is 23.4 Å². The molecule has 3 aromatic carbocycles. The second-order valence-corrected chi connectivity index (χ2v) is 8.28. The van der Waals surface area contributed by atoms with E-state index in [2.05, 4.69) is 5.10 Å². The van der Waals surface area contributed by atoms with Gasteiger partial charge in [-0.3, -0.25) is 14.9 Å². The summed E-state index contributed by atoms with van der Waals surface area (Å²) in [7, 11) is 5.58. The zero-order valence-electron chi connectivity index (χ0n) is 20.2. The van der Waals surface area contributed by atoms with E-state index in [0.717, 1.165) is 22.6 Å². The molecule has 9 nitrogen and oxygen atoms in total. The summed E-state index contributed by atoms with van der Waals surface area (Å²) in [5.41, 5.74) is 3.21. The average molecular weight is 485 g/mol. The molecule has 9 heteroatoms. The maximum Gasteiger partial charge on any atom is 0.314 e. The Balaban J connectivity index is 1.66. The fourth-order valence-corrected chi connectivity index (χ4v) is 3.68. The lowest BCUT2D eigenvalue weighted by atomic mass is 10.1. The summed E-state index contributed by atoms with van der Waals surface area (Å²) >= 11 is 0. The van der Waals surface area contributed by atoms with Gasteiger partial charge in [0.25, 0.3) is 5.69 Å². The Labute approximate surface area is 208 Å². The lowest BCUT2D eigenvalue weighted by molar-refractivity contribution is -0.671. The molecule has 0 atom stereocenters. The number of aromatic nitrogens is 2. The number of nitro benzene ring substituents is 1. The predicted octanol–water partition coefficient (Wildman–Crippen LogP) is 4.19. The van der Waals surface area contributed by atoms with Crippen molar-refractivity contribution in [2.24, 2.45) is 5.10 Å². The molecule has 36 heavy (non-hydrogen) atoms. The molecule has 0 bridgehead atoms. The van der Waals surface area contributed by atoms with Crippen LogP contribution in [0.25, 0.3) is 11.4 Å². The number of hydrogen-bond donors (Lipinski definition) is 0. The van der Waals surface area contributed by atoms with Crippen LogP contribution in [0.5, 0.6) is 5.75 Å². The Morgan fingerprint density at radius 3 is 2.31 bits per heavy atom. The molecule has 0 aliphatic heterocycles. The van der Waals surface area contributed by atoms with Gasteiger partial charge >= 0.3 is 5.82 Å². The molecule has 4 rings (SSSR count). The molecular weight excluding hydrogens is 458 g/mol. The number of rotatable bonds is 9. The van der Waals surface area contributed by atoms with Gasteiger partial charge in [-0.15, -0.1) is 4.68 Å². The number of imidazole rings is 1. The van der Waals surface area contributed by atoms with E-state index in [1.807, 2.05) is 67.5 Å². The average Bonchev–Trinajstić information content (AvgIpc) is 3.29. The third-order valence-electron chi connectivity index (χ3n) is 5.68. The number of nitrogens with zero attached hydrogens (tertiary/aromatic N) is 5. The Kier molecular flexibility index (Phi) is 7.20. The molecule has 1 aromatic heterocycles. The lowest BCUT2D eigenvalue weighted by Gasteiger charge is -2.11. The quantitative estimate of drug-likeness (QED) is 0.117. The number of methoxy groups -OCH3 is 1. The van der Waals surface area contributed by atoms with Crippen LogP contribution in [0.3, 0.4) is 0 Å². The van der Waals surface area contributed by atoms with Crippen LogP contribution >= 0.6 is 0 Å². The number of carbonyl (C=O) groups excluding carboxylic acids is 1. The van der Waals surface area contributed by atoms with Gasteiger partial charge < -0.3 is 9.64 Å². The van der Waals surface area contributed by atoms with Crippen LogP contribution in [-0.4, -0.2) is 42.8 Å². The molecule has 0 unspecified atom stereocenters. The van der Waals surface area contributed by atoms with Gasteiger partial charge in [-0.2, -0.15) is 0 Å². The summed E-state index contributed by atoms with van der Waals surface area (Å²) in [6.45, 7) is 0.0409. The number of Topliss-reactive ketones (excluding diaryl/α,β-unsaturated/α-hetero) is 1. The van der Waals surface area contributed by atoms with Crippen LogP contribution in [0.2, 0.25) is 0 Å². The number of hydrogen-bond acceptors (Lipinski definition) is 6. The fourth-order valence-electron chi connectivity index (χ4n) is 3.68. The minimum atomic E-state index is -0.489. The van der Waals surface area contributed by atoms with Gasteiger partial charge in [0.05, 0.1) is 23.8 Å². The van der Waals surface area contributed by atoms with Gasteiger partial charge in [0.2, 0.25) is 5.78 Å². The highest BCUT2D eigenvalue weighted by atomic mass is 16.6. The SMILES string of the molecule is COc1ccc(-c2n(/N=C\c3ccc(N(C)C)cc3)cc[n+]2CC(=O)c2ccc([N+](=O)[O-])cc2)cc1. The first kappa shape index (κ1) is 24.3. The summed E-state index contributed by atoms with van der Waals surface area (Å²) in [6.07, 6.45) is 5.33. The highest BCUT2D eigenvalue weighted by Gasteiger charge is 2.23. The summed E-state index contributed by atoms with van der Waals surface area (Å²) in [5.74, 6) is 1.24. The van der Waals surface area contributed by atoms with Crippen molar-refractivity contribution in [2.45, 2.75) is 6.54 Å². The van der Waals surface area contributed by atoms with Crippen molar-refractivity contribution < 1.29 is 19.0 Å². The number of nitro groups is 1. The van der Waals surface area contributed by atoms with Crippen molar-refractivity contribution in [3.05, 3.63) is 106 Å². The van der Waals surface area contributed by atoms with Crippen molar-refractivity contribution in [1.29, 1.82) is 0 Å². The van der Waals surface area contributed by atoms with E-state index in [1.165, 1.54) is 24.3 Å². The number of non-ortho nitro benzene ring substituents is 1. The third-order valence-corrected chi connectivity index (χ3v) is 5.68. The molecule has 0 amide bonds. The highest BCUT2D eigenvalue weighted by Crippen LogP contribution is 2.21. The topological polar surface area (TPSA) is 93.8 Å². The van der Waals surface area contributed by atoms with Crippen LogP contribution in [0.15, 0.2) is 90.3 Å². The summed E-state index contributed by atoms with van der Waals surface area (Å²) < 4.78 is 8.80. The molecule has 0 N–H and O–H groups in total. The van der Waals surface area contributed by atoms with E-state index < -0.39 is 4.92 Å². The summed E-state index contributed by atoms with van der Waals surface area (Å²) in [6, 6.07) is 21.1. The van der Waals surface area contributed by atoms with Crippen molar-refractivity contribution in [3.8, 4) is 17.1 Å². The highest BCUT2D eigenvalue weighted by molar-refractivity contribution is 5.95. The Morgan fingerprint density at radius 1 is 1.06 bits per heavy atom. The van der Waals surface area contributed by atoms with Gasteiger partial charge in [0, 0.05) is 37.5 Å². The van der Waals surface area contributed by atoms with Gasteiger partial charge in [0.1, 0.15) is 11.9 Å². The number of carbonyl (C=O) groups is 1. The van der Waals surface area contributed by atoms with Gasteiger partial charge in [-0.1, -0.05) is 17.2 Å². The van der Waals surface area contributed by atoms with Crippen molar-refractivity contribution in [3.63, 3.8) is 0 Å². The molecule has 0 radical (unpaired) electrons. The van der Waals surface area contributed by atoms with E-state index >= 15 is 0 Å². The van der Waals surface area contributed by atoms with Crippen LogP contribution in [0.4, 0.5) is 11.4 Å². The van der Waals surface area contributed by atoms with Gasteiger partial charge in [-0.05, 0) is 54.1 Å². The van der Waals surface area contributed by atoms with Gasteiger partial charge in [-0.25, -0.2) is 4.57 Å². The smallest absolute Gasteiger partial charge is 0.314 e. The first-order valence-corrected chi connectivity index (χ1v) is 11.2. The van der Waals surface area contributed by atoms with Crippen LogP contribution < -0.4 is 14.2 Å². The van der Waals surface area contributed by atoms with Crippen LogP contribution in [-0.2, 0) is 6.54 Å². The first-order valence-electron chi connectivity index (χ1n) is 11.2. The van der Waals surface area contributed by atoms with E-state index in [1.54, 1.807) is 35.0 Å².